The van der Waals surface area contributed by atoms with E-state index in [2.05, 4.69) is 5.32 Å². The Morgan fingerprint density at radius 1 is 1.46 bits per heavy atom. The zero-order chi connectivity index (χ0) is 9.42. The van der Waals surface area contributed by atoms with Crippen LogP contribution in [0.25, 0.3) is 0 Å². The molecule has 1 aliphatic rings. The van der Waals surface area contributed by atoms with Crippen LogP contribution in [-0.2, 0) is 6.54 Å². The lowest BCUT2D eigenvalue weighted by molar-refractivity contribution is 0.125. The maximum atomic E-state index is 9.78. The summed E-state index contributed by atoms with van der Waals surface area (Å²) in [4.78, 5) is 0. The van der Waals surface area contributed by atoms with Crippen LogP contribution in [0, 0.1) is 0 Å². The van der Waals surface area contributed by atoms with Crippen molar-refractivity contribution in [2.45, 2.75) is 25.6 Å². The molecule has 3 nitrogen and oxygen atoms in total. The minimum Gasteiger partial charge on any atom is -0.508 e. The van der Waals surface area contributed by atoms with E-state index in [9.17, 15) is 10.2 Å². The van der Waals surface area contributed by atoms with Gasteiger partial charge in [0.05, 0.1) is 6.10 Å². The molecule has 0 saturated carbocycles. The van der Waals surface area contributed by atoms with Crippen LogP contribution >= 0.6 is 0 Å². The van der Waals surface area contributed by atoms with Crippen LogP contribution in [0.3, 0.4) is 0 Å². The van der Waals surface area contributed by atoms with Gasteiger partial charge in [-0.2, -0.15) is 0 Å². The van der Waals surface area contributed by atoms with E-state index >= 15 is 0 Å². The molecule has 3 heteroatoms. The summed E-state index contributed by atoms with van der Waals surface area (Å²) >= 11 is 0. The van der Waals surface area contributed by atoms with Gasteiger partial charge in [0.25, 0.3) is 0 Å². The molecule has 0 aromatic heterocycles. The summed E-state index contributed by atoms with van der Waals surface area (Å²) in [7, 11) is 0. The van der Waals surface area contributed by atoms with Gasteiger partial charge >= 0.3 is 0 Å². The third kappa shape index (κ3) is 1.41. The van der Waals surface area contributed by atoms with Gasteiger partial charge in [-0.05, 0) is 30.2 Å². The highest BCUT2D eigenvalue weighted by molar-refractivity contribution is 5.38. The summed E-state index contributed by atoms with van der Waals surface area (Å²) in [5.74, 6) is 0.215. The number of phenolic OH excluding ortho intramolecular Hbond substituents is 1. The highest BCUT2D eigenvalue weighted by atomic mass is 16.3. The van der Waals surface area contributed by atoms with E-state index in [1.165, 1.54) is 0 Å². The molecular formula is C10H13NO2. The topological polar surface area (TPSA) is 52.5 Å². The summed E-state index contributed by atoms with van der Waals surface area (Å²) < 4.78 is 0. The lowest BCUT2D eigenvalue weighted by Crippen LogP contribution is -2.36. The zero-order valence-corrected chi connectivity index (χ0v) is 7.49. The molecule has 1 aromatic rings. The molecule has 1 aromatic carbocycles. The average molecular weight is 179 g/mol. The summed E-state index contributed by atoms with van der Waals surface area (Å²) in [6.45, 7) is 2.69. The second kappa shape index (κ2) is 3.01. The number of aliphatic hydroxyl groups is 1. The number of aliphatic hydroxyl groups excluding tert-OH is 1. The van der Waals surface area contributed by atoms with Crippen molar-refractivity contribution in [2.75, 3.05) is 0 Å². The van der Waals surface area contributed by atoms with Crippen LogP contribution in [-0.4, -0.2) is 16.3 Å². The van der Waals surface area contributed by atoms with Gasteiger partial charge in [0.15, 0.2) is 0 Å². The lowest BCUT2D eigenvalue weighted by Gasteiger charge is -2.28. The summed E-state index contributed by atoms with van der Waals surface area (Å²) in [5, 5.41) is 22.2. The normalized spacial score (nSPS) is 26.9. The highest BCUT2D eigenvalue weighted by Crippen LogP contribution is 2.28. The molecular weight excluding hydrogens is 166 g/mol. The monoisotopic (exact) mass is 179 g/mol. The molecule has 2 atom stereocenters. The number of aromatic hydroxyl groups is 1. The molecule has 1 heterocycles. The van der Waals surface area contributed by atoms with Crippen molar-refractivity contribution in [3.8, 4) is 5.75 Å². The number of nitrogens with one attached hydrogen (secondary N) is 1. The van der Waals surface area contributed by atoms with E-state index in [0.29, 0.717) is 0 Å². The fourth-order valence-corrected chi connectivity index (χ4v) is 1.67. The van der Waals surface area contributed by atoms with Crippen molar-refractivity contribution in [3.63, 3.8) is 0 Å². The molecule has 13 heavy (non-hydrogen) atoms. The predicted octanol–water partition coefficient (Wildman–Crippen LogP) is 0.917. The van der Waals surface area contributed by atoms with Crippen LogP contribution in [0.1, 0.15) is 24.2 Å². The SMILES string of the molecule is CC1NCc2ccc(O)cc2C1O. The van der Waals surface area contributed by atoms with Crippen LogP contribution in [0.15, 0.2) is 18.2 Å². The smallest absolute Gasteiger partial charge is 0.115 e. The van der Waals surface area contributed by atoms with E-state index in [-0.39, 0.29) is 11.8 Å². The number of phenols is 1. The maximum absolute atomic E-state index is 9.78. The number of benzene rings is 1. The average Bonchev–Trinajstić information content (AvgIpc) is 2.12. The minimum absolute atomic E-state index is 0.0503. The maximum Gasteiger partial charge on any atom is 0.115 e. The van der Waals surface area contributed by atoms with Crippen LogP contribution in [0.2, 0.25) is 0 Å². The molecule has 3 N–H and O–H groups in total. The van der Waals surface area contributed by atoms with Crippen LogP contribution < -0.4 is 5.32 Å². The van der Waals surface area contributed by atoms with Crippen molar-refractivity contribution in [2.24, 2.45) is 0 Å². The van der Waals surface area contributed by atoms with Crippen LogP contribution in [0.4, 0.5) is 0 Å². The molecule has 0 bridgehead atoms. The van der Waals surface area contributed by atoms with E-state index < -0.39 is 6.10 Å². The van der Waals surface area contributed by atoms with Gasteiger partial charge in [-0.3, -0.25) is 0 Å². The van der Waals surface area contributed by atoms with Gasteiger partial charge in [-0.25, -0.2) is 0 Å². The molecule has 0 aliphatic carbocycles. The Morgan fingerprint density at radius 3 is 3.00 bits per heavy atom. The first-order valence-corrected chi connectivity index (χ1v) is 4.41. The van der Waals surface area contributed by atoms with Crippen molar-refractivity contribution >= 4 is 0 Å². The molecule has 0 spiro atoms. The quantitative estimate of drug-likeness (QED) is 0.555. The van der Waals surface area contributed by atoms with Gasteiger partial charge in [0.2, 0.25) is 0 Å². The summed E-state index contributed by atoms with van der Waals surface area (Å²) in [6.07, 6.45) is -0.518. The van der Waals surface area contributed by atoms with Gasteiger partial charge in [0.1, 0.15) is 5.75 Å². The number of hydrogen-bond acceptors (Lipinski definition) is 3. The Bertz CT molecular complexity index is 325. The second-order valence-electron chi connectivity index (χ2n) is 3.50. The molecule has 1 aliphatic heterocycles. The van der Waals surface area contributed by atoms with Gasteiger partial charge in [-0.15, -0.1) is 0 Å². The molecule has 0 radical (unpaired) electrons. The second-order valence-corrected chi connectivity index (χ2v) is 3.50. The largest absolute Gasteiger partial charge is 0.508 e. The molecule has 2 rings (SSSR count). The highest BCUT2D eigenvalue weighted by Gasteiger charge is 2.23. The Kier molecular flexibility index (Phi) is 1.98. The van der Waals surface area contributed by atoms with E-state index in [1.807, 2.05) is 13.0 Å². The number of rotatable bonds is 0. The molecule has 70 valence electrons. The first-order chi connectivity index (χ1) is 6.18. The zero-order valence-electron chi connectivity index (χ0n) is 7.49. The van der Waals surface area contributed by atoms with Crippen LogP contribution in [0.5, 0.6) is 5.75 Å². The van der Waals surface area contributed by atoms with Crippen molar-refractivity contribution < 1.29 is 10.2 Å². The first-order valence-electron chi connectivity index (χ1n) is 4.41. The molecule has 0 saturated heterocycles. The van der Waals surface area contributed by atoms with Crippen molar-refractivity contribution in [3.05, 3.63) is 29.3 Å². The third-order valence-electron chi connectivity index (χ3n) is 2.54. The number of fused-ring (bicyclic) bond motifs is 1. The van der Waals surface area contributed by atoms with Gasteiger partial charge in [0, 0.05) is 12.6 Å². The molecule has 0 amide bonds. The minimum atomic E-state index is -0.518. The molecule has 0 fully saturated rings. The van der Waals surface area contributed by atoms with Gasteiger partial charge in [-0.1, -0.05) is 6.07 Å². The summed E-state index contributed by atoms with van der Waals surface area (Å²) in [5.41, 5.74) is 1.90. The third-order valence-corrected chi connectivity index (χ3v) is 2.54. The van der Waals surface area contributed by atoms with Crippen molar-refractivity contribution in [1.29, 1.82) is 0 Å². The fourth-order valence-electron chi connectivity index (χ4n) is 1.67. The van der Waals surface area contributed by atoms with Gasteiger partial charge < -0.3 is 15.5 Å². The summed E-state index contributed by atoms with van der Waals surface area (Å²) in [6, 6.07) is 5.17. The Balaban J connectivity index is 2.45. The lowest BCUT2D eigenvalue weighted by atomic mass is 9.94. The van der Waals surface area contributed by atoms with E-state index in [4.69, 9.17) is 0 Å². The van der Waals surface area contributed by atoms with E-state index in [0.717, 1.165) is 17.7 Å². The first kappa shape index (κ1) is 8.53. The molecule has 2 unspecified atom stereocenters. The fraction of sp³-hybridized carbons (Fsp3) is 0.400. The van der Waals surface area contributed by atoms with Crippen molar-refractivity contribution in [1.82, 2.24) is 5.32 Å². The predicted molar refractivity (Wildman–Crippen MR) is 49.4 cm³/mol. The number of hydrogen-bond donors (Lipinski definition) is 3. The standard InChI is InChI=1S/C10H13NO2/c1-6-10(13)9-4-8(12)3-2-7(9)5-11-6/h2-4,6,10-13H,5H2,1H3. The Morgan fingerprint density at radius 2 is 2.23 bits per heavy atom. The Hall–Kier alpha value is -1.06. The Labute approximate surface area is 77.0 Å². The van der Waals surface area contributed by atoms with E-state index in [1.54, 1.807) is 12.1 Å².